The number of sulfonamides is 1. The van der Waals surface area contributed by atoms with Crippen LogP contribution in [0.2, 0.25) is 0 Å². The standard InChI is InChI=1S/C31H28N4O5S2/c1-17-7-9-18(10-8-17)29-28(31(37)32-2)22-13-20(25(15-26(22)40-29)35(3)42(4,38)39)19-12-21-23(33-16-19)14-24(34-30(21)36)27-6-5-11-41-27/h5-13,15-16,24H,14H2,1-4H3,(H,32,37)(H,34,36). The summed E-state index contributed by atoms with van der Waals surface area (Å²) >= 11 is 1.57. The molecule has 42 heavy (non-hydrogen) atoms. The summed E-state index contributed by atoms with van der Waals surface area (Å²) in [5.41, 5.74) is 4.88. The molecule has 4 heterocycles. The van der Waals surface area contributed by atoms with Crippen molar-refractivity contribution in [3.8, 4) is 22.5 Å². The van der Waals surface area contributed by atoms with Gasteiger partial charge in [0.15, 0.2) is 0 Å². The van der Waals surface area contributed by atoms with Crippen molar-refractivity contribution in [3.63, 3.8) is 0 Å². The average molecular weight is 601 g/mol. The minimum atomic E-state index is -3.68. The molecule has 0 radical (unpaired) electrons. The Balaban J connectivity index is 1.56. The molecule has 214 valence electrons. The molecule has 11 heteroatoms. The smallest absolute Gasteiger partial charge is 0.255 e. The van der Waals surface area contributed by atoms with Crippen LogP contribution < -0.4 is 14.9 Å². The van der Waals surface area contributed by atoms with Gasteiger partial charge >= 0.3 is 0 Å². The fourth-order valence-corrected chi connectivity index (χ4v) is 6.49. The van der Waals surface area contributed by atoms with Gasteiger partial charge in [-0.15, -0.1) is 11.3 Å². The van der Waals surface area contributed by atoms with Crippen LogP contribution in [0, 0.1) is 6.92 Å². The number of pyridine rings is 1. The van der Waals surface area contributed by atoms with E-state index in [1.54, 1.807) is 42.8 Å². The lowest BCUT2D eigenvalue weighted by molar-refractivity contribution is 0.0923. The van der Waals surface area contributed by atoms with Gasteiger partial charge in [-0.1, -0.05) is 35.9 Å². The van der Waals surface area contributed by atoms with Gasteiger partial charge in [-0.25, -0.2) is 8.42 Å². The van der Waals surface area contributed by atoms with Crippen molar-refractivity contribution in [1.29, 1.82) is 0 Å². The summed E-state index contributed by atoms with van der Waals surface area (Å²) in [7, 11) is -0.687. The number of benzene rings is 2. The highest BCUT2D eigenvalue weighted by molar-refractivity contribution is 7.92. The number of nitrogens with zero attached hydrogens (tertiary/aromatic N) is 2. The number of amides is 2. The third kappa shape index (κ3) is 4.84. The molecule has 2 aromatic carbocycles. The third-order valence-corrected chi connectivity index (χ3v) is 9.70. The summed E-state index contributed by atoms with van der Waals surface area (Å²) in [6.07, 6.45) is 3.30. The number of aryl methyl sites for hydroxylation is 1. The first-order chi connectivity index (χ1) is 20.0. The molecule has 0 bridgehead atoms. The van der Waals surface area contributed by atoms with E-state index in [0.29, 0.717) is 62.3 Å². The predicted octanol–water partition coefficient (Wildman–Crippen LogP) is 5.31. The monoisotopic (exact) mass is 600 g/mol. The Morgan fingerprint density at radius 2 is 1.88 bits per heavy atom. The quantitative estimate of drug-likeness (QED) is 0.272. The van der Waals surface area contributed by atoms with Gasteiger partial charge in [-0.2, -0.15) is 0 Å². The molecule has 0 aliphatic carbocycles. The Morgan fingerprint density at radius 1 is 1.12 bits per heavy atom. The average Bonchev–Trinajstić information content (AvgIpc) is 3.64. The van der Waals surface area contributed by atoms with Gasteiger partial charge in [0.2, 0.25) is 10.0 Å². The van der Waals surface area contributed by atoms with Crippen LogP contribution in [-0.4, -0.2) is 45.6 Å². The Morgan fingerprint density at radius 3 is 2.55 bits per heavy atom. The van der Waals surface area contributed by atoms with E-state index in [1.165, 1.54) is 7.05 Å². The minimum absolute atomic E-state index is 0.159. The lowest BCUT2D eigenvalue weighted by Crippen LogP contribution is -2.35. The number of hydrogen-bond acceptors (Lipinski definition) is 7. The second-order valence-corrected chi connectivity index (χ2v) is 13.3. The number of furan rings is 1. The molecule has 0 saturated carbocycles. The molecule has 3 aromatic heterocycles. The zero-order valence-electron chi connectivity index (χ0n) is 23.4. The molecule has 1 unspecified atom stereocenters. The van der Waals surface area contributed by atoms with Gasteiger partial charge in [0.25, 0.3) is 11.8 Å². The summed E-state index contributed by atoms with van der Waals surface area (Å²) in [6, 6.07) is 16.4. The molecule has 6 rings (SSSR count). The third-order valence-electron chi connectivity index (χ3n) is 7.53. The van der Waals surface area contributed by atoms with E-state index in [2.05, 4.69) is 15.6 Å². The molecule has 2 N–H and O–H groups in total. The number of nitrogens with one attached hydrogen (secondary N) is 2. The summed E-state index contributed by atoms with van der Waals surface area (Å²) in [4.78, 5) is 32.1. The fourth-order valence-electron chi connectivity index (χ4n) is 5.20. The SMILES string of the molecule is CNC(=O)c1c(-c2ccc(C)cc2)oc2cc(N(C)S(C)(=O)=O)c(-c3cnc4c(c3)C(=O)NC(c3cccs3)C4)cc12. The van der Waals surface area contributed by atoms with E-state index in [1.807, 2.05) is 48.7 Å². The highest BCUT2D eigenvalue weighted by Crippen LogP contribution is 2.42. The minimum Gasteiger partial charge on any atom is -0.455 e. The molecule has 1 aliphatic heterocycles. The molecular weight excluding hydrogens is 572 g/mol. The summed E-state index contributed by atoms with van der Waals surface area (Å²) in [6.45, 7) is 1.97. The van der Waals surface area contributed by atoms with Crippen LogP contribution in [0.25, 0.3) is 33.4 Å². The normalized spacial score (nSPS) is 14.9. The van der Waals surface area contributed by atoms with E-state index in [0.717, 1.165) is 21.0 Å². The van der Waals surface area contributed by atoms with Crippen molar-refractivity contribution in [2.45, 2.75) is 19.4 Å². The molecule has 5 aromatic rings. The highest BCUT2D eigenvalue weighted by Gasteiger charge is 2.29. The molecule has 2 amide bonds. The number of thiophene rings is 1. The van der Waals surface area contributed by atoms with Gasteiger partial charge in [0.05, 0.1) is 34.8 Å². The molecule has 1 atom stereocenters. The maximum Gasteiger partial charge on any atom is 0.255 e. The fraction of sp³-hybridized carbons (Fsp3) is 0.194. The van der Waals surface area contributed by atoms with Crippen molar-refractivity contribution >= 4 is 49.8 Å². The van der Waals surface area contributed by atoms with Gasteiger partial charge in [-0.05, 0) is 30.5 Å². The van der Waals surface area contributed by atoms with Gasteiger partial charge in [0, 0.05) is 59.7 Å². The molecule has 0 spiro atoms. The van der Waals surface area contributed by atoms with Crippen LogP contribution in [0.1, 0.15) is 42.9 Å². The Hall–Kier alpha value is -4.48. The number of anilines is 1. The number of hydrogen-bond donors (Lipinski definition) is 2. The first kappa shape index (κ1) is 27.7. The summed E-state index contributed by atoms with van der Waals surface area (Å²) in [5, 5.41) is 8.23. The first-order valence-corrected chi connectivity index (χ1v) is 15.9. The number of carbonyl (C=O) groups excluding carboxylic acids is 2. The van der Waals surface area contributed by atoms with Crippen LogP contribution in [0.4, 0.5) is 5.69 Å². The van der Waals surface area contributed by atoms with Gasteiger partial charge in [-0.3, -0.25) is 18.9 Å². The number of aromatic nitrogens is 1. The maximum absolute atomic E-state index is 13.2. The number of fused-ring (bicyclic) bond motifs is 2. The second kappa shape index (κ2) is 10.4. The van der Waals surface area contributed by atoms with E-state index in [-0.39, 0.29) is 17.9 Å². The van der Waals surface area contributed by atoms with Crippen molar-refractivity contribution in [2.75, 3.05) is 24.7 Å². The van der Waals surface area contributed by atoms with E-state index in [4.69, 9.17) is 4.42 Å². The molecule has 0 saturated heterocycles. The van der Waals surface area contributed by atoms with Crippen LogP contribution >= 0.6 is 11.3 Å². The predicted molar refractivity (Wildman–Crippen MR) is 164 cm³/mol. The van der Waals surface area contributed by atoms with Crippen LogP contribution in [0.3, 0.4) is 0 Å². The Bertz CT molecular complexity index is 1960. The van der Waals surface area contributed by atoms with Crippen LogP contribution in [0.5, 0.6) is 0 Å². The first-order valence-electron chi connectivity index (χ1n) is 13.2. The molecular formula is C31H28N4O5S2. The Kier molecular flexibility index (Phi) is 6.86. The second-order valence-electron chi connectivity index (χ2n) is 10.3. The van der Waals surface area contributed by atoms with Crippen LogP contribution in [-0.2, 0) is 16.4 Å². The highest BCUT2D eigenvalue weighted by atomic mass is 32.2. The lowest BCUT2D eigenvalue weighted by Gasteiger charge is -2.25. The van der Waals surface area contributed by atoms with E-state index < -0.39 is 10.0 Å². The van der Waals surface area contributed by atoms with Crippen molar-refractivity contribution in [3.05, 3.63) is 93.4 Å². The zero-order chi connectivity index (χ0) is 29.8. The van der Waals surface area contributed by atoms with E-state index in [9.17, 15) is 18.0 Å². The van der Waals surface area contributed by atoms with Gasteiger partial charge in [0.1, 0.15) is 11.3 Å². The van der Waals surface area contributed by atoms with Crippen molar-refractivity contribution < 1.29 is 22.4 Å². The van der Waals surface area contributed by atoms with Crippen molar-refractivity contribution in [2.24, 2.45) is 0 Å². The van der Waals surface area contributed by atoms with Gasteiger partial charge < -0.3 is 15.1 Å². The summed E-state index contributed by atoms with van der Waals surface area (Å²) < 4.78 is 32.8. The molecule has 0 fully saturated rings. The van der Waals surface area contributed by atoms with Crippen LogP contribution in [0.15, 0.2) is 70.6 Å². The topological polar surface area (TPSA) is 122 Å². The summed E-state index contributed by atoms with van der Waals surface area (Å²) in [5.74, 6) is -0.224. The maximum atomic E-state index is 13.2. The Labute approximate surface area is 247 Å². The lowest BCUT2D eigenvalue weighted by atomic mass is 9.94. The largest absolute Gasteiger partial charge is 0.455 e. The molecule has 9 nitrogen and oxygen atoms in total. The van der Waals surface area contributed by atoms with Crippen molar-refractivity contribution in [1.82, 2.24) is 15.6 Å². The van der Waals surface area contributed by atoms with E-state index >= 15 is 0 Å². The molecule has 1 aliphatic rings. The number of carbonyl (C=O) groups is 2. The number of rotatable bonds is 6. The zero-order valence-corrected chi connectivity index (χ0v) is 25.0.